The van der Waals surface area contributed by atoms with E-state index in [9.17, 15) is 4.79 Å². The van der Waals surface area contributed by atoms with Crippen LogP contribution in [0, 0.1) is 0 Å². The van der Waals surface area contributed by atoms with Gasteiger partial charge in [-0.3, -0.25) is 0 Å². The van der Waals surface area contributed by atoms with Crippen LogP contribution < -0.4 is 4.74 Å². The minimum Gasteiger partial charge on any atom is -0.482 e. The fourth-order valence-electron chi connectivity index (χ4n) is 3.00. The summed E-state index contributed by atoms with van der Waals surface area (Å²) in [6, 6.07) is 22.1. The van der Waals surface area contributed by atoms with Gasteiger partial charge in [-0.05, 0) is 53.6 Å². The number of carbonyl (C=O) groups is 1. The molecule has 0 bridgehead atoms. The first kappa shape index (κ1) is 20.9. The van der Waals surface area contributed by atoms with E-state index in [2.05, 4.69) is 11.6 Å². The summed E-state index contributed by atoms with van der Waals surface area (Å²) in [5, 5.41) is 0.777. The van der Waals surface area contributed by atoms with E-state index in [1.165, 1.54) is 0 Å². The molecular weight excluding hydrogens is 433 g/mol. The summed E-state index contributed by atoms with van der Waals surface area (Å²) in [5.41, 5.74) is 2.57. The molecule has 1 aliphatic heterocycles. The third-order valence-electron chi connectivity index (χ3n) is 4.58. The van der Waals surface area contributed by atoms with Crippen molar-refractivity contribution in [1.29, 1.82) is 0 Å². The number of ether oxygens (including phenoxy) is 2. The number of rotatable bonds is 6. The average Bonchev–Trinajstić information content (AvgIpc) is 3.16. The van der Waals surface area contributed by atoms with Gasteiger partial charge in [-0.2, -0.15) is 0 Å². The summed E-state index contributed by atoms with van der Waals surface area (Å²) < 4.78 is 11.3. The van der Waals surface area contributed by atoms with E-state index in [1.54, 1.807) is 30.4 Å². The van der Waals surface area contributed by atoms with Gasteiger partial charge in [0, 0.05) is 5.56 Å². The van der Waals surface area contributed by atoms with Crippen molar-refractivity contribution in [1.82, 2.24) is 0 Å². The number of halogens is 2. The Morgan fingerprint density at radius 1 is 0.968 bits per heavy atom. The zero-order chi connectivity index (χ0) is 21.8. The molecule has 0 N–H and O–H groups in total. The fourth-order valence-corrected chi connectivity index (χ4v) is 3.30. The predicted molar refractivity (Wildman–Crippen MR) is 124 cm³/mol. The van der Waals surface area contributed by atoms with E-state index in [1.807, 2.05) is 54.6 Å². The third-order valence-corrected chi connectivity index (χ3v) is 5.31. The molecule has 0 aromatic heterocycles. The second kappa shape index (κ2) is 9.21. The Kier molecular flexibility index (Phi) is 6.21. The molecule has 0 radical (unpaired) electrons. The summed E-state index contributed by atoms with van der Waals surface area (Å²) >= 11 is 12.0. The molecule has 0 spiro atoms. The van der Waals surface area contributed by atoms with Crippen LogP contribution in [0.1, 0.15) is 22.8 Å². The number of benzene rings is 3. The number of nitrogens with zero attached hydrogens (tertiary/aromatic N) is 1. The molecule has 0 saturated carbocycles. The van der Waals surface area contributed by atoms with Crippen molar-refractivity contribution in [3.8, 4) is 5.75 Å². The lowest BCUT2D eigenvalue weighted by molar-refractivity contribution is -0.129. The van der Waals surface area contributed by atoms with E-state index >= 15 is 0 Å². The monoisotopic (exact) mass is 449 g/mol. The summed E-state index contributed by atoms with van der Waals surface area (Å²) in [6.07, 6.45) is 3.14. The van der Waals surface area contributed by atoms with Gasteiger partial charge in [-0.15, -0.1) is 0 Å². The molecule has 154 valence electrons. The van der Waals surface area contributed by atoms with Crippen LogP contribution in [0.25, 0.3) is 6.08 Å². The fraction of sp³-hybridized carbons (Fsp3) is 0.0400. The first-order valence-corrected chi connectivity index (χ1v) is 10.2. The van der Waals surface area contributed by atoms with Crippen LogP contribution in [-0.4, -0.2) is 11.9 Å². The van der Waals surface area contributed by atoms with Crippen LogP contribution in [-0.2, 0) is 9.53 Å². The topological polar surface area (TPSA) is 47.9 Å². The molecule has 1 unspecified atom stereocenters. The van der Waals surface area contributed by atoms with Crippen molar-refractivity contribution in [2.75, 3.05) is 0 Å². The first-order valence-electron chi connectivity index (χ1n) is 9.46. The minimum atomic E-state index is -0.530. The smallest absolute Gasteiger partial charge is 0.363 e. The summed E-state index contributed by atoms with van der Waals surface area (Å²) in [4.78, 5) is 16.5. The number of cyclic esters (lactones) is 1. The molecule has 6 heteroatoms. The van der Waals surface area contributed by atoms with Crippen molar-refractivity contribution in [2.24, 2.45) is 4.99 Å². The quantitative estimate of drug-likeness (QED) is 0.240. The molecule has 1 aliphatic rings. The van der Waals surface area contributed by atoms with Crippen molar-refractivity contribution >= 4 is 41.1 Å². The van der Waals surface area contributed by atoms with Crippen molar-refractivity contribution in [3.63, 3.8) is 0 Å². The van der Waals surface area contributed by atoms with E-state index < -0.39 is 5.97 Å². The molecule has 0 amide bonds. The molecule has 1 atom stereocenters. The van der Waals surface area contributed by atoms with Crippen LogP contribution in [0.4, 0.5) is 0 Å². The molecule has 3 aromatic carbocycles. The van der Waals surface area contributed by atoms with E-state index in [0.717, 1.165) is 11.1 Å². The number of esters is 1. The molecule has 1 heterocycles. The van der Waals surface area contributed by atoms with Gasteiger partial charge in [0.2, 0.25) is 5.90 Å². The lowest BCUT2D eigenvalue weighted by Crippen LogP contribution is -2.05. The van der Waals surface area contributed by atoms with Crippen LogP contribution in [0.5, 0.6) is 5.75 Å². The normalized spacial score (nSPS) is 15.4. The maximum Gasteiger partial charge on any atom is 0.363 e. The third kappa shape index (κ3) is 4.88. The predicted octanol–water partition coefficient (Wildman–Crippen LogP) is 6.64. The Bertz CT molecular complexity index is 1190. The van der Waals surface area contributed by atoms with E-state index in [0.29, 0.717) is 21.4 Å². The highest BCUT2D eigenvalue weighted by Gasteiger charge is 2.24. The zero-order valence-electron chi connectivity index (χ0n) is 16.3. The maximum absolute atomic E-state index is 12.2. The van der Waals surface area contributed by atoms with Crippen LogP contribution in [0.2, 0.25) is 10.0 Å². The average molecular weight is 450 g/mol. The Labute approximate surface area is 190 Å². The SMILES string of the molecule is C=CC(Oc1ccc(/C=C2\N=C(c3ccc(Cl)c(Cl)c3)OC2=O)cc1)c1ccccc1. The molecule has 4 nitrogen and oxygen atoms in total. The van der Waals surface area contributed by atoms with Gasteiger partial charge in [0.25, 0.3) is 0 Å². The zero-order valence-corrected chi connectivity index (χ0v) is 17.8. The van der Waals surface area contributed by atoms with Crippen molar-refractivity contribution in [2.45, 2.75) is 6.10 Å². The lowest BCUT2D eigenvalue weighted by atomic mass is 10.1. The van der Waals surface area contributed by atoms with Crippen LogP contribution in [0.3, 0.4) is 0 Å². The number of hydrogen-bond donors (Lipinski definition) is 0. The summed E-state index contributed by atoms with van der Waals surface area (Å²) in [5.74, 6) is 0.341. The standard InChI is InChI=1S/C25H17Cl2NO3/c1-2-23(17-6-4-3-5-7-17)30-19-11-8-16(9-12-19)14-22-25(29)31-24(28-22)18-10-13-20(26)21(27)15-18/h2-15,23H,1H2/b22-14-. The molecule has 4 rings (SSSR count). The molecule has 0 saturated heterocycles. The van der Waals surface area contributed by atoms with Gasteiger partial charge >= 0.3 is 5.97 Å². The molecule has 31 heavy (non-hydrogen) atoms. The first-order chi connectivity index (χ1) is 15.0. The van der Waals surface area contributed by atoms with Gasteiger partial charge < -0.3 is 9.47 Å². The lowest BCUT2D eigenvalue weighted by Gasteiger charge is -2.16. The maximum atomic E-state index is 12.2. The number of hydrogen-bond acceptors (Lipinski definition) is 4. The number of aliphatic imine (C=N–C) groups is 1. The van der Waals surface area contributed by atoms with Gasteiger partial charge in [0.05, 0.1) is 10.0 Å². The van der Waals surface area contributed by atoms with Crippen molar-refractivity contribution in [3.05, 3.63) is 118 Å². The highest BCUT2D eigenvalue weighted by Crippen LogP contribution is 2.27. The summed E-state index contributed by atoms with van der Waals surface area (Å²) in [7, 11) is 0. The van der Waals surface area contributed by atoms with E-state index in [-0.39, 0.29) is 17.7 Å². The van der Waals surface area contributed by atoms with Crippen molar-refractivity contribution < 1.29 is 14.3 Å². The Hall–Kier alpha value is -3.34. The summed E-state index contributed by atoms with van der Waals surface area (Å²) in [6.45, 7) is 3.85. The van der Waals surface area contributed by atoms with Gasteiger partial charge in [0.1, 0.15) is 11.9 Å². The minimum absolute atomic E-state index is 0.187. The molecule has 0 fully saturated rings. The second-order valence-electron chi connectivity index (χ2n) is 6.72. The molecular formula is C25H17Cl2NO3. The highest BCUT2D eigenvalue weighted by molar-refractivity contribution is 6.42. The second-order valence-corrected chi connectivity index (χ2v) is 7.53. The Morgan fingerprint density at radius 2 is 1.71 bits per heavy atom. The Morgan fingerprint density at radius 3 is 2.39 bits per heavy atom. The molecule has 3 aromatic rings. The highest BCUT2D eigenvalue weighted by atomic mass is 35.5. The Balaban J connectivity index is 1.51. The van der Waals surface area contributed by atoms with Crippen LogP contribution in [0.15, 0.2) is 96.1 Å². The van der Waals surface area contributed by atoms with Gasteiger partial charge in [-0.25, -0.2) is 9.79 Å². The molecule has 0 aliphatic carbocycles. The number of carbonyl (C=O) groups excluding carboxylic acids is 1. The van der Waals surface area contributed by atoms with Crippen LogP contribution >= 0.6 is 23.2 Å². The van der Waals surface area contributed by atoms with Gasteiger partial charge in [-0.1, -0.05) is 72.2 Å². The van der Waals surface area contributed by atoms with Gasteiger partial charge in [0.15, 0.2) is 5.70 Å². The largest absolute Gasteiger partial charge is 0.482 e. The van der Waals surface area contributed by atoms with E-state index in [4.69, 9.17) is 32.7 Å².